The van der Waals surface area contributed by atoms with Crippen LogP contribution < -0.4 is 10.1 Å². The maximum absolute atomic E-state index is 12.6. The average Bonchev–Trinajstić information content (AvgIpc) is 3.16. The predicted molar refractivity (Wildman–Crippen MR) is 127 cm³/mol. The Bertz CT molecular complexity index is 1300. The Hall–Kier alpha value is -4.12. The third kappa shape index (κ3) is 4.05. The summed E-state index contributed by atoms with van der Waals surface area (Å²) in [6.45, 7) is 1.76. The van der Waals surface area contributed by atoms with Crippen molar-refractivity contribution in [3.8, 4) is 16.9 Å². The number of esters is 1. The van der Waals surface area contributed by atoms with E-state index in [0.717, 1.165) is 33.0 Å². The maximum Gasteiger partial charge on any atom is 0.407 e. The lowest BCUT2D eigenvalue weighted by molar-refractivity contribution is -0.136. The van der Waals surface area contributed by atoms with E-state index < -0.39 is 18.1 Å². The van der Waals surface area contributed by atoms with Gasteiger partial charge in [0, 0.05) is 11.3 Å². The summed E-state index contributed by atoms with van der Waals surface area (Å²) in [6, 6.07) is 28.6. The number of carbonyl (C=O) groups excluding carboxylic acids is 2. The molecule has 0 heterocycles. The molecule has 0 aromatic heterocycles. The van der Waals surface area contributed by atoms with Crippen LogP contribution in [-0.4, -0.2) is 24.7 Å². The summed E-state index contributed by atoms with van der Waals surface area (Å²) < 4.78 is 11.1. The van der Waals surface area contributed by atoms with E-state index in [9.17, 15) is 9.59 Å². The van der Waals surface area contributed by atoms with Crippen LogP contribution in [0.3, 0.4) is 0 Å². The van der Waals surface area contributed by atoms with Gasteiger partial charge in [0.15, 0.2) is 0 Å². The number of nitrogens with one attached hydrogen (secondary N) is 1. The monoisotopic (exact) mass is 437 g/mol. The molecule has 33 heavy (non-hydrogen) atoms. The molecule has 0 saturated carbocycles. The van der Waals surface area contributed by atoms with E-state index in [1.54, 1.807) is 13.0 Å². The van der Waals surface area contributed by atoms with Crippen LogP contribution in [0.5, 0.6) is 5.75 Å². The maximum atomic E-state index is 12.6. The molecule has 4 aromatic carbocycles. The number of fused-ring (bicyclic) bond motifs is 4. The Morgan fingerprint density at radius 3 is 2.15 bits per heavy atom. The van der Waals surface area contributed by atoms with Crippen molar-refractivity contribution in [3.05, 3.63) is 102 Å². The highest BCUT2D eigenvalue weighted by molar-refractivity contribution is 5.91. The third-order valence-electron chi connectivity index (χ3n) is 5.99. The standard InChI is InChI=1S/C28H23NO4/c1-18(27(30)33-26-16-8-10-19-9-2-3-11-20(19)26)29-28(31)32-17-25-23-14-6-4-12-21(23)22-13-5-7-15-24(22)25/h2-16,18,25H,17H2,1H3,(H,29,31). The van der Waals surface area contributed by atoms with Gasteiger partial charge in [-0.25, -0.2) is 9.59 Å². The highest BCUT2D eigenvalue weighted by Gasteiger charge is 2.29. The van der Waals surface area contributed by atoms with Gasteiger partial charge in [-0.15, -0.1) is 0 Å². The molecule has 1 N–H and O–H groups in total. The molecule has 1 atom stereocenters. The van der Waals surface area contributed by atoms with Crippen LogP contribution >= 0.6 is 0 Å². The second-order valence-corrected chi connectivity index (χ2v) is 8.09. The third-order valence-corrected chi connectivity index (χ3v) is 5.99. The normalized spacial score (nSPS) is 13.1. The zero-order chi connectivity index (χ0) is 22.8. The van der Waals surface area contributed by atoms with E-state index >= 15 is 0 Å². The number of rotatable bonds is 5. The van der Waals surface area contributed by atoms with Crippen LogP contribution in [0, 0.1) is 0 Å². The topological polar surface area (TPSA) is 64.6 Å². The highest BCUT2D eigenvalue weighted by Crippen LogP contribution is 2.44. The molecule has 4 aromatic rings. The molecule has 0 radical (unpaired) electrons. The summed E-state index contributed by atoms with van der Waals surface area (Å²) >= 11 is 0. The van der Waals surface area contributed by atoms with Crippen LogP contribution in [0.25, 0.3) is 21.9 Å². The minimum atomic E-state index is -0.861. The molecule has 0 aliphatic heterocycles. The fraction of sp³-hybridized carbons (Fsp3) is 0.143. The fourth-order valence-electron chi connectivity index (χ4n) is 4.36. The van der Waals surface area contributed by atoms with Gasteiger partial charge in [0.25, 0.3) is 0 Å². The zero-order valence-electron chi connectivity index (χ0n) is 18.2. The first-order chi connectivity index (χ1) is 16.1. The number of carbonyl (C=O) groups is 2. The van der Waals surface area contributed by atoms with E-state index in [4.69, 9.17) is 9.47 Å². The molecule has 164 valence electrons. The number of benzene rings is 4. The summed E-state index contributed by atoms with van der Waals surface area (Å²) in [7, 11) is 0. The van der Waals surface area contributed by atoms with Gasteiger partial charge in [-0.1, -0.05) is 84.9 Å². The Balaban J connectivity index is 1.22. The van der Waals surface area contributed by atoms with Crippen LogP contribution in [0.1, 0.15) is 24.0 Å². The second-order valence-electron chi connectivity index (χ2n) is 8.09. The van der Waals surface area contributed by atoms with Crippen LogP contribution in [0.4, 0.5) is 4.79 Å². The molecular weight excluding hydrogens is 414 g/mol. The molecule has 1 amide bonds. The number of hydrogen-bond donors (Lipinski definition) is 1. The van der Waals surface area contributed by atoms with Gasteiger partial charge in [0.1, 0.15) is 18.4 Å². The van der Waals surface area contributed by atoms with Gasteiger partial charge in [0.05, 0.1) is 0 Å². The van der Waals surface area contributed by atoms with E-state index in [-0.39, 0.29) is 12.5 Å². The van der Waals surface area contributed by atoms with Gasteiger partial charge in [-0.3, -0.25) is 0 Å². The van der Waals surface area contributed by atoms with Crippen LogP contribution in [0.2, 0.25) is 0 Å². The Morgan fingerprint density at radius 2 is 1.42 bits per heavy atom. The first-order valence-corrected chi connectivity index (χ1v) is 10.9. The number of ether oxygens (including phenoxy) is 2. The molecule has 1 aliphatic carbocycles. The van der Waals surface area contributed by atoms with E-state index in [0.29, 0.717) is 5.75 Å². The minimum Gasteiger partial charge on any atom is -0.449 e. The summed E-state index contributed by atoms with van der Waals surface area (Å²) in [5.41, 5.74) is 4.59. The summed E-state index contributed by atoms with van der Waals surface area (Å²) in [4.78, 5) is 25.0. The van der Waals surface area contributed by atoms with Crippen molar-refractivity contribution >= 4 is 22.8 Å². The minimum absolute atomic E-state index is 0.0407. The van der Waals surface area contributed by atoms with Crippen molar-refractivity contribution in [2.24, 2.45) is 0 Å². The van der Waals surface area contributed by atoms with Crippen molar-refractivity contribution in [2.45, 2.75) is 18.9 Å². The molecule has 5 nitrogen and oxygen atoms in total. The Kier molecular flexibility index (Phi) is 5.53. The van der Waals surface area contributed by atoms with Crippen molar-refractivity contribution in [3.63, 3.8) is 0 Å². The fourth-order valence-corrected chi connectivity index (χ4v) is 4.36. The molecule has 1 unspecified atom stereocenters. The molecule has 0 fully saturated rings. The van der Waals surface area contributed by atoms with Gasteiger partial charge >= 0.3 is 12.1 Å². The lowest BCUT2D eigenvalue weighted by Gasteiger charge is -2.17. The number of hydrogen-bond acceptors (Lipinski definition) is 4. The second kappa shape index (κ2) is 8.79. The predicted octanol–water partition coefficient (Wildman–Crippen LogP) is 5.67. The summed E-state index contributed by atoms with van der Waals surface area (Å²) in [5, 5.41) is 4.39. The van der Waals surface area contributed by atoms with Gasteiger partial charge < -0.3 is 14.8 Å². The van der Waals surface area contributed by atoms with Gasteiger partial charge in [-0.05, 0) is 40.6 Å². The van der Waals surface area contributed by atoms with Gasteiger partial charge in [0.2, 0.25) is 0 Å². The molecule has 5 heteroatoms. The van der Waals surface area contributed by atoms with Crippen molar-refractivity contribution in [2.75, 3.05) is 6.61 Å². The number of alkyl carbamates (subject to hydrolysis) is 1. The van der Waals surface area contributed by atoms with Crippen LogP contribution in [-0.2, 0) is 9.53 Å². The average molecular weight is 437 g/mol. The van der Waals surface area contributed by atoms with E-state index in [1.165, 1.54) is 0 Å². The van der Waals surface area contributed by atoms with E-state index in [1.807, 2.05) is 60.7 Å². The Labute approximate surface area is 192 Å². The molecule has 0 saturated heterocycles. The van der Waals surface area contributed by atoms with Crippen LogP contribution in [0.15, 0.2) is 91.0 Å². The lowest BCUT2D eigenvalue weighted by atomic mass is 9.98. The lowest BCUT2D eigenvalue weighted by Crippen LogP contribution is -2.41. The zero-order valence-corrected chi connectivity index (χ0v) is 18.2. The summed E-state index contributed by atoms with van der Waals surface area (Å²) in [5.74, 6) is -0.139. The van der Waals surface area contributed by atoms with Crippen molar-refractivity contribution in [1.29, 1.82) is 0 Å². The molecule has 0 spiro atoms. The van der Waals surface area contributed by atoms with Gasteiger partial charge in [-0.2, -0.15) is 0 Å². The largest absolute Gasteiger partial charge is 0.449 e. The van der Waals surface area contributed by atoms with E-state index in [2.05, 4.69) is 29.6 Å². The molecular formula is C28H23NO4. The van der Waals surface area contributed by atoms with Crippen molar-refractivity contribution in [1.82, 2.24) is 5.32 Å². The molecule has 1 aliphatic rings. The Morgan fingerprint density at radius 1 is 0.818 bits per heavy atom. The molecule has 5 rings (SSSR count). The quantitative estimate of drug-likeness (QED) is 0.323. The molecule has 0 bridgehead atoms. The van der Waals surface area contributed by atoms with Crippen molar-refractivity contribution < 1.29 is 19.1 Å². The first kappa shape index (κ1) is 20.8. The first-order valence-electron chi connectivity index (χ1n) is 10.9. The smallest absolute Gasteiger partial charge is 0.407 e. The SMILES string of the molecule is CC(NC(=O)OCC1c2ccccc2-c2ccccc21)C(=O)Oc1cccc2ccccc12. The highest BCUT2D eigenvalue weighted by atomic mass is 16.6. The number of amides is 1. The summed E-state index contributed by atoms with van der Waals surface area (Å²) in [6.07, 6.45) is -0.653.